The van der Waals surface area contributed by atoms with Gasteiger partial charge in [0, 0.05) is 71.9 Å². The fraction of sp³-hybridized carbons (Fsp3) is 0.0244. The molecule has 57 heavy (non-hydrogen) atoms. The minimum atomic E-state index is -1.68. The molecule has 4 aromatic rings. The number of carboxylic acid groups (broad SMARTS) is 4. The Balaban J connectivity index is 1.85. The van der Waals surface area contributed by atoms with Crippen molar-refractivity contribution < 1.29 is 77.7 Å². The molecule has 0 unspecified atom stereocenters. The zero-order chi connectivity index (χ0) is 41.3. The van der Waals surface area contributed by atoms with Crippen LogP contribution in [0, 0.1) is 0 Å². The number of rotatable bonds is 14. The van der Waals surface area contributed by atoms with E-state index in [1.165, 1.54) is 24.3 Å². The van der Waals surface area contributed by atoms with E-state index in [4.69, 9.17) is 39.4 Å². The smallest absolute Gasteiger partial charge is 0.336 e. The molecule has 16 heteroatoms. The number of esters is 4. The van der Waals surface area contributed by atoms with Gasteiger partial charge in [0.1, 0.15) is 23.0 Å². The first-order chi connectivity index (χ1) is 27.2. The highest BCUT2D eigenvalue weighted by Gasteiger charge is 2.49. The van der Waals surface area contributed by atoms with Crippen LogP contribution in [-0.2, 0) is 43.8 Å². The standard InChI is InChI=1S/C41H26O16/c42-33(43)13-17-37(50)54-23-9-11-29(31(21-23)56-39(52)19-15-35(46)47)41(27-7-3-1-5-25(27)26-6-2-4-8-28(26)41)30-12-10-24(55-38(51)18-14-34(44)45)22-32(30)57-40(53)20-16-36(48)49/h1-22H,(H,42,43)(H,44,45)(H,46,47)(H,48,49). The number of benzene rings is 4. The van der Waals surface area contributed by atoms with E-state index in [9.17, 15) is 38.4 Å². The van der Waals surface area contributed by atoms with Gasteiger partial charge < -0.3 is 39.4 Å². The molecule has 4 N–H and O–H groups in total. The summed E-state index contributed by atoms with van der Waals surface area (Å²) in [5, 5.41) is 36.2. The predicted molar refractivity (Wildman–Crippen MR) is 193 cm³/mol. The number of carboxylic acids is 4. The summed E-state index contributed by atoms with van der Waals surface area (Å²) >= 11 is 0. The lowest BCUT2D eigenvalue weighted by Crippen LogP contribution is -2.31. The van der Waals surface area contributed by atoms with Gasteiger partial charge >= 0.3 is 47.8 Å². The maximum absolute atomic E-state index is 13.1. The fourth-order valence-electron chi connectivity index (χ4n) is 6.02. The molecule has 0 saturated carbocycles. The maximum atomic E-state index is 13.1. The minimum absolute atomic E-state index is 0.102. The molecule has 0 atom stereocenters. The van der Waals surface area contributed by atoms with Crippen molar-refractivity contribution in [3.63, 3.8) is 0 Å². The van der Waals surface area contributed by atoms with Crippen LogP contribution in [-0.4, -0.2) is 68.2 Å². The Bertz CT molecular complexity index is 2300. The maximum Gasteiger partial charge on any atom is 0.336 e. The minimum Gasteiger partial charge on any atom is -0.478 e. The second-order valence-electron chi connectivity index (χ2n) is 11.5. The summed E-state index contributed by atoms with van der Waals surface area (Å²) in [6.45, 7) is 0. The molecule has 0 radical (unpaired) electrons. The van der Waals surface area contributed by atoms with Crippen molar-refractivity contribution in [2.45, 2.75) is 5.41 Å². The summed E-state index contributed by atoms with van der Waals surface area (Å²) in [6, 6.07) is 21.5. The molecule has 286 valence electrons. The summed E-state index contributed by atoms with van der Waals surface area (Å²) < 4.78 is 22.0. The second-order valence-corrected chi connectivity index (χ2v) is 11.5. The number of hydrogen-bond acceptors (Lipinski definition) is 12. The fourth-order valence-corrected chi connectivity index (χ4v) is 6.02. The Morgan fingerprint density at radius 3 is 1.04 bits per heavy atom. The lowest BCUT2D eigenvalue weighted by atomic mass is 9.67. The van der Waals surface area contributed by atoms with Gasteiger partial charge in [0.15, 0.2) is 0 Å². The van der Waals surface area contributed by atoms with Gasteiger partial charge in [0.25, 0.3) is 0 Å². The molecule has 0 aromatic heterocycles. The number of carbonyl (C=O) groups excluding carboxylic acids is 4. The van der Waals surface area contributed by atoms with Gasteiger partial charge in [-0.05, 0) is 34.4 Å². The van der Waals surface area contributed by atoms with Crippen LogP contribution in [0.1, 0.15) is 22.3 Å². The van der Waals surface area contributed by atoms with Crippen molar-refractivity contribution in [1.82, 2.24) is 0 Å². The zero-order valence-electron chi connectivity index (χ0n) is 28.9. The lowest BCUT2D eigenvalue weighted by Gasteiger charge is -2.35. The summed E-state index contributed by atoms with van der Waals surface area (Å²) in [5.41, 5.74) is 0.793. The number of ether oxygens (including phenoxy) is 4. The average molecular weight is 775 g/mol. The molecule has 1 aliphatic rings. The van der Waals surface area contributed by atoms with Gasteiger partial charge in [0.05, 0.1) is 5.41 Å². The molecule has 5 rings (SSSR count). The van der Waals surface area contributed by atoms with Gasteiger partial charge in [0.2, 0.25) is 0 Å². The van der Waals surface area contributed by atoms with Crippen LogP contribution in [0.4, 0.5) is 0 Å². The molecule has 0 bridgehead atoms. The Morgan fingerprint density at radius 1 is 0.386 bits per heavy atom. The van der Waals surface area contributed by atoms with Gasteiger partial charge in [-0.1, -0.05) is 60.7 Å². The molecule has 1 aliphatic carbocycles. The van der Waals surface area contributed by atoms with Gasteiger partial charge in [-0.3, -0.25) is 0 Å². The van der Waals surface area contributed by atoms with Crippen molar-refractivity contribution in [2.24, 2.45) is 0 Å². The third-order valence-corrected chi connectivity index (χ3v) is 7.97. The lowest BCUT2D eigenvalue weighted by molar-refractivity contribution is -0.133. The molecule has 0 amide bonds. The molecular weight excluding hydrogens is 748 g/mol. The highest BCUT2D eigenvalue weighted by atomic mass is 16.6. The number of aliphatic carboxylic acids is 4. The summed E-state index contributed by atoms with van der Waals surface area (Å²) in [7, 11) is 0. The number of fused-ring (bicyclic) bond motifs is 3. The van der Waals surface area contributed by atoms with E-state index in [0.717, 1.165) is 12.1 Å². The van der Waals surface area contributed by atoms with Crippen molar-refractivity contribution in [3.05, 3.63) is 156 Å². The van der Waals surface area contributed by atoms with Crippen molar-refractivity contribution in [3.8, 4) is 34.1 Å². The van der Waals surface area contributed by atoms with Gasteiger partial charge in [-0.15, -0.1) is 0 Å². The van der Waals surface area contributed by atoms with E-state index < -0.39 is 53.2 Å². The highest BCUT2D eigenvalue weighted by Crippen LogP contribution is 2.60. The van der Waals surface area contributed by atoms with Crippen LogP contribution in [0.15, 0.2) is 134 Å². The molecule has 16 nitrogen and oxygen atoms in total. The first-order valence-corrected chi connectivity index (χ1v) is 16.2. The number of carbonyl (C=O) groups is 8. The van der Waals surface area contributed by atoms with Crippen LogP contribution in [0.5, 0.6) is 23.0 Å². The van der Waals surface area contributed by atoms with Gasteiger partial charge in [-0.2, -0.15) is 0 Å². The third-order valence-electron chi connectivity index (χ3n) is 7.97. The summed E-state index contributed by atoms with van der Waals surface area (Å²) in [5.74, 6) is -11.6. The van der Waals surface area contributed by atoms with Crippen molar-refractivity contribution in [1.29, 1.82) is 0 Å². The largest absolute Gasteiger partial charge is 0.478 e. The topological polar surface area (TPSA) is 254 Å². The third kappa shape index (κ3) is 9.22. The summed E-state index contributed by atoms with van der Waals surface area (Å²) in [6.07, 6.45) is 4.61. The van der Waals surface area contributed by atoms with E-state index in [-0.39, 0.29) is 34.1 Å². The average Bonchev–Trinajstić information content (AvgIpc) is 3.45. The quantitative estimate of drug-likeness (QED) is 0.0699. The number of hydrogen-bond donors (Lipinski definition) is 4. The molecule has 0 heterocycles. The van der Waals surface area contributed by atoms with Gasteiger partial charge in [-0.25, -0.2) is 38.4 Å². The van der Waals surface area contributed by atoms with Crippen LogP contribution < -0.4 is 18.9 Å². The van der Waals surface area contributed by atoms with E-state index in [1.807, 2.05) is 0 Å². The normalized spacial score (nSPS) is 12.6. The van der Waals surface area contributed by atoms with Crippen molar-refractivity contribution >= 4 is 47.8 Å². The Kier molecular flexibility index (Phi) is 12.0. The highest BCUT2D eigenvalue weighted by molar-refractivity contribution is 5.96. The van der Waals surface area contributed by atoms with E-state index in [0.29, 0.717) is 70.9 Å². The zero-order valence-corrected chi connectivity index (χ0v) is 28.9. The Hall–Kier alpha value is -8.40. The molecular formula is C41H26O16. The predicted octanol–water partition coefficient (Wildman–Crippen LogP) is 4.23. The molecule has 4 aromatic carbocycles. The monoisotopic (exact) mass is 774 g/mol. The van der Waals surface area contributed by atoms with E-state index in [1.54, 1.807) is 48.5 Å². The van der Waals surface area contributed by atoms with Crippen molar-refractivity contribution in [2.75, 3.05) is 0 Å². The SMILES string of the molecule is O=C(O)C=CC(=O)Oc1ccc(C2(c3ccc(OC(=O)C=CC(=O)O)cc3OC(=O)C=CC(=O)O)c3ccccc3-c3ccccc32)c(OC(=O)C=CC(=O)O)c1. The van der Waals surface area contributed by atoms with E-state index >= 15 is 0 Å². The first-order valence-electron chi connectivity index (χ1n) is 16.2. The molecule has 0 saturated heterocycles. The Labute approximate surface area is 320 Å². The first kappa shape index (κ1) is 39.8. The van der Waals surface area contributed by atoms with Crippen LogP contribution in [0.2, 0.25) is 0 Å². The van der Waals surface area contributed by atoms with E-state index in [2.05, 4.69) is 0 Å². The Morgan fingerprint density at radius 2 is 0.702 bits per heavy atom. The molecule has 0 aliphatic heterocycles. The van der Waals surface area contributed by atoms with Crippen LogP contribution in [0.3, 0.4) is 0 Å². The molecule has 0 fully saturated rings. The summed E-state index contributed by atoms with van der Waals surface area (Å²) in [4.78, 5) is 95.7. The molecule has 0 spiro atoms. The van der Waals surface area contributed by atoms with Crippen LogP contribution >= 0.6 is 0 Å². The second kappa shape index (κ2) is 17.2. The van der Waals surface area contributed by atoms with Crippen LogP contribution in [0.25, 0.3) is 11.1 Å².